The molecule has 138 valence electrons. The number of hydrogen-bond acceptors (Lipinski definition) is 4. The fourth-order valence-corrected chi connectivity index (χ4v) is 3.06. The Morgan fingerprint density at radius 3 is 2.38 bits per heavy atom. The molecule has 0 fully saturated rings. The van der Waals surface area contributed by atoms with Gasteiger partial charge in [0.25, 0.3) is 5.91 Å². The standard InChI is InChI=1S/C17H18FN3O4S/c1-21(15(16(19)22)11-5-3-7-13(18)9-11)17(23)12-6-4-8-14(10-12)20-26(2,24)25/h3-10,15,20H,1-2H3,(H2,19,22)/t15-/m0/s1. The average molecular weight is 379 g/mol. The fourth-order valence-electron chi connectivity index (χ4n) is 2.51. The second kappa shape index (κ2) is 7.52. The lowest BCUT2D eigenvalue weighted by atomic mass is 10.0. The third-order valence-corrected chi connectivity index (χ3v) is 4.16. The van der Waals surface area contributed by atoms with Crippen molar-refractivity contribution >= 4 is 27.5 Å². The maximum absolute atomic E-state index is 13.5. The number of benzene rings is 2. The Kier molecular flexibility index (Phi) is 5.61. The van der Waals surface area contributed by atoms with Gasteiger partial charge in [-0.15, -0.1) is 0 Å². The number of halogens is 1. The van der Waals surface area contributed by atoms with Crippen LogP contribution in [-0.2, 0) is 14.8 Å². The molecule has 0 spiro atoms. The number of nitrogens with two attached hydrogens (primary N) is 1. The normalized spacial score (nSPS) is 12.3. The summed E-state index contributed by atoms with van der Waals surface area (Å²) >= 11 is 0. The van der Waals surface area contributed by atoms with Crippen LogP contribution in [0.4, 0.5) is 10.1 Å². The van der Waals surface area contributed by atoms with Gasteiger partial charge in [0.1, 0.15) is 11.9 Å². The number of amides is 2. The molecule has 3 N–H and O–H groups in total. The molecule has 7 nitrogen and oxygen atoms in total. The summed E-state index contributed by atoms with van der Waals surface area (Å²) in [5.74, 6) is -1.96. The highest BCUT2D eigenvalue weighted by atomic mass is 32.2. The topological polar surface area (TPSA) is 110 Å². The van der Waals surface area contributed by atoms with Gasteiger partial charge in [0.05, 0.1) is 6.26 Å². The molecule has 26 heavy (non-hydrogen) atoms. The van der Waals surface area contributed by atoms with Crippen molar-refractivity contribution in [2.24, 2.45) is 5.73 Å². The van der Waals surface area contributed by atoms with Gasteiger partial charge >= 0.3 is 0 Å². The highest BCUT2D eigenvalue weighted by Gasteiger charge is 2.28. The monoisotopic (exact) mass is 379 g/mol. The minimum Gasteiger partial charge on any atom is -0.368 e. The SMILES string of the molecule is CN(C(=O)c1cccc(NS(C)(=O)=O)c1)[C@H](C(N)=O)c1cccc(F)c1. The van der Waals surface area contributed by atoms with E-state index in [1.54, 1.807) is 0 Å². The molecule has 2 amide bonds. The Bertz CT molecular complexity index is 947. The Labute approximate surface area is 150 Å². The molecule has 0 bridgehead atoms. The summed E-state index contributed by atoms with van der Waals surface area (Å²) in [4.78, 5) is 25.7. The summed E-state index contributed by atoms with van der Waals surface area (Å²) < 4.78 is 38.4. The number of sulfonamides is 1. The quantitative estimate of drug-likeness (QED) is 0.792. The van der Waals surface area contributed by atoms with E-state index in [0.29, 0.717) is 0 Å². The molecule has 0 saturated carbocycles. The Hall–Kier alpha value is -2.94. The van der Waals surface area contributed by atoms with Gasteiger partial charge in [-0.05, 0) is 35.9 Å². The van der Waals surface area contributed by atoms with Crippen LogP contribution in [0.5, 0.6) is 0 Å². The third kappa shape index (κ3) is 4.79. The van der Waals surface area contributed by atoms with Gasteiger partial charge in [-0.1, -0.05) is 18.2 Å². The van der Waals surface area contributed by atoms with Crippen molar-refractivity contribution in [3.63, 3.8) is 0 Å². The van der Waals surface area contributed by atoms with Gasteiger partial charge in [-0.2, -0.15) is 0 Å². The molecular formula is C17H18FN3O4S. The van der Waals surface area contributed by atoms with E-state index in [9.17, 15) is 22.4 Å². The maximum Gasteiger partial charge on any atom is 0.254 e. The lowest BCUT2D eigenvalue weighted by molar-refractivity contribution is -0.122. The van der Waals surface area contributed by atoms with E-state index < -0.39 is 33.7 Å². The number of nitrogens with one attached hydrogen (secondary N) is 1. The predicted molar refractivity (Wildman–Crippen MR) is 95.3 cm³/mol. The van der Waals surface area contributed by atoms with Crippen LogP contribution in [0.1, 0.15) is 22.0 Å². The number of nitrogens with zero attached hydrogens (tertiary/aromatic N) is 1. The number of anilines is 1. The molecule has 2 aromatic rings. The van der Waals surface area contributed by atoms with Crippen molar-refractivity contribution in [2.45, 2.75) is 6.04 Å². The van der Waals surface area contributed by atoms with E-state index in [1.165, 1.54) is 49.5 Å². The van der Waals surface area contributed by atoms with Crippen LogP contribution < -0.4 is 10.5 Å². The first-order valence-corrected chi connectivity index (χ1v) is 9.37. The lowest BCUT2D eigenvalue weighted by Crippen LogP contribution is -2.39. The summed E-state index contributed by atoms with van der Waals surface area (Å²) in [6, 6.07) is 9.85. The lowest BCUT2D eigenvalue weighted by Gasteiger charge is -2.26. The highest BCUT2D eigenvalue weighted by molar-refractivity contribution is 7.92. The number of carbonyl (C=O) groups excluding carboxylic acids is 2. The first-order chi connectivity index (χ1) is 12.1. The largest absolute Gasteiger partial charge is 0.368 e. The number of hydrogen-bond donors (Lipinski definition) is 2. The van der Waals surface area contributed by atoms with Gasteiger partial charge in [0.2, 0.25) is 15.9 Å². The van der Waals surface area contributed by atoms with Gasteiger partial charge in [0.15, 0.2) is 0 Å². The second-order valence-electron chi connectivity index (χ2n) is 5.73. The van der Waals surface area contributed by atoms with E-state index in [-0.39, 0.29) is 16.8 Å². The molecule has 2 rings (SSSR count). The molecule has 0 aliphatic carbocycles. The first kappa shape index (κ1) is 19.4. The van der Waals surface area contributed by atoms with Crippen molar-refractivity contribution in [3.8, 4) is 0 Å². The zero-order chi connectivity index (χ0) is 19.5. The Morgan fingerprint density at radius 1 is 1.15 bits per heavy atom. The number of carbonyl (C=O) groups is 2. The summed E-state index contributed by atoms with van der Waals surface area (Å²) in [7, 11) is -2.15. The van der Waals surface area contributed by atoms with Gasteiger partial charge in [-0.3, -0.25) is 14.3 Å². The molecule has 9 heteroatoms. The number of primary amides is 1. The molecule has 0 aromatic heterocycles. The fraction of sp³-hybridized carbons (Fsp3) is 0.176. The van der Waals surface area contributed by atoms with E-state index >= 15 is 0 Å². The summed E-state index contributed by atoms with van der Waals surface area (Å²) in [6.07, 6.45) is 0.987. The predicted octanol–water partition coefficient (Wildman–Crippen LogP) is 1.50. The van der Waals surface area contributed by atoms with Crippen molar-refractivity contribution in [1.82, 2.24) is 4.90 Å². The molecule has 0 aliphatic rings. The first-order valence-electron chi connectivity index (χ1n) is 7.48. The Morgan fingerprint density at radius 2 is 1.81 bits per heavy atom. The van der Waals surface area contributed by atoms with E-state index in [0.717, 1.165) is 17.2 Å². The van der Waals surface area contributed by atoms with E-state index in [1.807, 2.05) is 0 Å². The van der Waals surface area contributed by atoms with Crippen LogP contribution >= 0.6 is 0 Å². The van der Waals surface area contributed by atoms with E-state index in [2.05, 4.69) is 4.72 Å². The zero-order valence-corrected chi connectivity index (χ0v) is 15.0. The molecule has 0 saturated heterocycles. The van der Waals surface area contributed by atoms with Crippen molar-refractivity contribution in [2.75, 3.05) is 18.0 Å². The van der Waals surface area contributed by atoms with Crippen LogP contribution in [0.15, 0.2) is 48.5 Å². The van der Waals surface area contributed by atoms with Gasteiger partial charge < -0.3 is 10.6 Å². The molecule has 2 aromatic carbocycles. The summed E-state index contributed by atoms with van der Waals surface area (Å²) in [5.41, 5.74) is 5.98. The van der Waals surface area contributed by atoms with Crippen LogP contribution in [0, 0.1) is 5.82 Å². The van der Waals surface area contributed by atoms with Crippen LogP contribution in [0.2, 0.25) is 0 Å². The highest BCUT2D eigenvalue weighted by Crippen LogP contribution is 2.23. The number of rotatable bonds is 6. The summed E-state index contributed by atoms with van der Waals surface area (Å²) in [6.45, 7) is 0. The van der Waals surface area contributed by atoms with E-state index in [4.69, 9.17) is 5.73 Å². The van der Waals surface area contributed by atoms with Crippen molar-refractivity contribution in [1.29, 1.82) is 0 Å². The zero-order valence-electron chi connectivity index (χ0n) is 14.1. The smallest absolute Gasteiger partial charge is 0.254 e. The molecule has 0 radical (unpaired) electrons. The molecule has 0 unspecified atom stereocenters. The van der Waals surface area contributed by atoms with Gasteiger partial charge in [0, 0.05) is 18.3 Å². The minimum atomic E-state index is -3.51. The van der Waals surface area contributed by atoms with Crippen LogP contribution in [0.3, 0.4) is 0 Å². The van der Waals surface area contributed by atoms with Crippen LogP contribution in [-0.4, -0.2) is 38.4 Å². The minimum absolute atomic E-state index is 0.142. The van der Waals surface area contributed by atoms with Crippen molar-refractivity contribution < 1.29 is 22.4 Å². The summed E-state index contributed by atoms with van der Waals surface area (Å²) in [5, 5.41) is 0. The molecular weight excluding hydrogens is 361 g/mol. The van der Waals surface area contributed by atoms with Gasteiger partial charge in [-0.25, -0.2) is 12.8 Å². The molecule has 1 atom stereocenters. The third-order valence-electron chi connectivity index (χ3n) is 3.55. The average Bonchev–Trinajstić information content (AvgIpc) is 2.52. The maximum atomic E-state index is 13.5. The molecule has 0 heterocycles. The number of likely N-dealkylation sites (N-methyl/N-ethyl adjacent to an activating group) is 1. The van der Waals surface area contributed by atoms with Crippen molar-refractivity contribution in [3.05, 3.63) is 65.5 Å². The van der Waals surface area contributed by atoms with Crippen LogP contribution in [0.25, 0.3) is 0 Å². The second-order valence-corrected chi connectivity index (χ2v) is 7.48. The Balaban J connectivity index is 2.35. The molecule has 0 aliphatic heterocycles.